The van der Waals surface area contributed by atoms with Crippen molar-refractivity contribution in [3.8, 4) is 6.07 Å². The van der Waals surface area contributed by atoms with E-state index in [1.54, 1.807) is 0 Å². The molecule has 0 aliphatic carbocycles. The largest absolute Gasteiger partial charge is 0.453 e. The smallest absolute Gasteiger partial charge is 0.227 e. The summed E-state index contributed by atoms with van der Waals surface area (Å²) < 4.78 is 118. The highest BCUT2D eigenvalue weighted by atomic mass is 32.2. The zero-order chi connectivity index (χ0) is 18.0. The summed E-state index contributed by atoms with van der Waals surface area (Å²) in [7, 11) is -4.85. The van der Waals surface area contributed by atoms with Crippen LogP contribution in [0.25, 0.3) is 0 Å². The summed E-state index contributed by atoms with van der Waals surface area (Å²) in [6, 6.07) is 1.02. The zero-order valence-corrected chi connectivity index (χ0v) is 11.8. The molecule has 0 rings (SSSR count). The first-order valence-electron chi connectivity index (χ1n) is 5.62. The number of rotatable bonds is 6. The summed E-state index contributed by atoms with van der Waals surface area (Å²) in [5, 5.41) is 8.71. The van der Waals surface area contributed by atoms with Gasteiger partial charge in [0.2, 0.25) is 0 Å². The van der Waals surface area contributed by atoms with Crippen LogP contribution in [0.3, 0.4) is 0 Å². The van der Waals surface area contributed by atoms with Gasteiger partial charge in [0.05, 0.1) is 18.2 Å². The first kappa shape index (κ1) is 20.9. The van der Waals surface area contributed by atoms with Gasteiger partial charge in [0.15, 0.2) is 14.6 Å². The molecule has 3 nitrogen and oxygen atoms in total. The molecule has 0 saturated carbocycles. The van der Waals surface area contributed by atoms with Crippen LogP contribution >= 0.6 is 0 Å². The molecule has 0 fully saturated rings. The second-order valence-corrected chi connectivity index (χ2v) is 7.27. The fraction of sp³-hybridized carbons (Fsp3) is 0.900. The molecule has 0 aromatic carbocycles. The molecular formula is C10H11F8NO2S. The summed E-state index contributed by atoms with van der Waals surface area (Å²) in [5.74, 6) is -6.82. The van der Waals surface area contributed by atoms with E-state index in [2.05, 4.69) is 0 Å². The van der Waals surface area contributed by atoms with Gasteiger partial charge in [-0.05, 0) is 13.3 Å². The Morgan fingerprint density at radius 3 is 1.68 bits per heavy atom. The molecule has 0 amide bonds. The molecule has 0 aromatic rings. The van der Waals surface area contributed by atoms with Crippen molar-refractivity contribution in [1.29, 1.82) is 5.26 Å². The number of hydrogen-bond acceptors (Lipinski definition) is 3. The molecule has 0 spiro atoms. The lowest BCUT2D eigenvalue weighted by molar-refractivity contribution is -0.284. The summed E-state index contributed by atoms with van der Waals surface area (Å²) in [6.07, 6.45) is -16.1. The molecule has 0 saturated heterocycles. The van der Waals surface area contributed by atoms with E-state index in [1.807, 2.05) is 0 Å². The van der Waals surface area contributed by atoms with E-state index < -0.39 is 57.9 Å². The first-order valence-corrected chi connectivity index (χ1v) is 7.27. The lowest BCUT2D eigenvalue weighted by atomic mass is 10.0. The minimum atomic E-state index is -5.95. The van der Waals surface area contributed by atoms with E-state index in [-0.39, 0.29) is 0 Å². The van der Waals surface area contributed by atoms with Crippen molar-refractivity contribution in [3.63, 3.8) is 0 Å². The Hall–Kier alpha value is -1.12. The lowest BCUT2D eigenvalue weighted by Crippen LogP contribution is -2.42. The number of nitriles is 1. The molecule has 0 N–H and O–H groups in total. The van der Waals surface area contributed by atoms with Gasteiger partial charge in [0.1, 0.15) is 0 Å². The second-order valence-electron chi connectivity index (χ2n) is 4.73. The maximum Gasteiger partial charge on any atom is 0.453 e. The predicted octanol–water partition coefficient (Wildman–Crippen LogP) is 3.61. The third-order valence-corrected chi connectivity index (χ3v) is 5.32. The third-order valence-electron chi connectivity index (χ3n) is 2.91. The maximum atomic E-state index is 12.8. The van der Waals surface area contributed by atoms with Crippen LogP contribution in [0.15, 0.2) is 0 Å². The molecule has 1 unspecified atom stereocenters. The van der Waals surface area contributed by atoms with Crippen LogP contribution in [0.4, 0.5) is 35.1 Å². The van der Waals surface area contributed by atoms with Gasteiger partial charge in [0.25, 0.3) is 0 Å². The molecule has 0 bridgehead atoms. The van der Waals surface area contributed by atoms with Crippen molar-refractivity contribution in [2.75, 3.05) is 5.75 Å². The first-order chi connectivity index (χ1) is 9.47. The van der Waals surface area contributed by atoms with Crippen LogP contribution in [-0.2, 0) is 9.84 Å². The lowest BCUT2D eigenvalue weighted by Gasteiger charge is -2.26. The van der Waals surface area contributed by atoms with Gasteiger partial charge in [0, 0.05) is 6.42 Å². The topological polar surface area (TPSA) is 57.9 Å². The quantitative estimate of drug-likeness (QED) is 0.679. The molecule has 1 atom stereocenters. The van der Waals surface area contributed by atoms with Gasteiger partial charge >= 0.3 is 18.3 Å². The van der Waals surface area contributed by atoms with Crippen LogP contribution in [0.1, 0.15) is 26.2 Å². The van der Waals surface area contributed by atoms with E-state index >= 15 is 0 Å². The standard InChI is InChI=1S/C10H11F8NO2S/c1-7(6-19,2-3-8(11,12)10(16,17)18)22(20,21)5-4-9(13,14)15/h2-5H2,1H3. The Balaban J connectivity index is 5.18. The normalized spacial score (nSPS) is 16.9. The van der Waals surface area contributed by atoms with Gasteiger partial charge in [-0.3, -0.25) is 0 Å². The summed E-state index contributed by atoms with van der Waals surface area (Å²) >= 11 is 0. The average molecular weight is 361 g/mol. The van der Waals surface area contributed by atoms with E-state index in [4.69, 9.17) is 5.26 Å². The third kappa shape index (κ3) is 5.26. The van der Waals surface area contributed by atoms with Gasteiger partial charge < -0.3 is 0 Å². The average Bonchev–Trinajstić information content (AvgIpc) is 2.31. The van der Waals surface area contributed by atoms with Crippen molar-refractivity contribution < 1.29 is 43.5 Å². The summed E-state index contributed by atoms with van der Waals surface area (Å²) in [5.41, 5.74) is 0. The molecule has 0 aliphatic rings. The van der Waals surface area contributed by atoms with E-state index in [1.165, 1.54) is 0 Å². The van der Waals surface area contributed by atoms with Crippen LogP contribution < -0.4 is 0 Å². The van der Waals surface area contributed by atoms with Crippen molar-refractivity contribution in [2.45, 2.75) is 49.2 Å². The van der Waals surface area contributed by atoms with Gasteiger partial charge in [-0.2, -0.15) is 40.4 Å². The summed E-state index contributed by atoms with van der Waals surface area (Å²) in [6.45, 7) is 0.519. The molecule has 0 aromatic heterocycles. The van der Waals surface area contributed by atoms with E-state index in [0.29, 0.717) is 6.92 Å². The Bertz CT molecular complexity index is 531. The van der Waals surface area contributed by atoms with Crippen LogP contribution in [0.5, 0.6) is 0 Å². The SMILES string of the molecule is CC(C#N)(CCC(F)(F)C(F)(F)F)S(=O)(=O)CCC(F)(F)F. The molecule has 12 heteroatoms. The Morgan fingerprint density at radius 1 is 0.909 bits per heavy atom. The van der Waals surface area contributed by atoms with Crippen molar-refractivity contribution in [2.24, 2.45) is 0 Å². The van der Waals surface area contributed by atoms with E-state index in [0.717, 1.165) is 6.07 Å². The van der Waals surface area contributed by atoms with Gasteiger partial charge in [-0.15, -0.1) is 0 Å². The van der Waals surface area contributed by atoms with Crippen molar-refractivity contribution in [1.82, 2.24) is 0 Å². The zero-order valence-electron chi connectivity index (χ0n) is 11.0. The minimum absolute atomic E-state index is 0.519. The highest BCUT2D eigenvalue weighted by Gasteiger charge is 2.58. The van der Waals surface area contributed by atoms with Gasteiger partial charge in [-0.25, -0.2) is 8.42 Å². The minimum Gasteiger partial charge on any atom is -0.227 e. The molecule has 0 heterocycles. The fourth-order valence-electron chi connectivity index (χ4n) is 1.29. The number of alkyl halides is 8. The van der Waals surface area contributed by atoms with Crippen LogP contribution in [0.2, 0.25) is 0 Å². The molecular weight excluding hydrogens is 350 g/mol. The number of nitrogens with zero attached hydrogens (tertiary/aromatic N) is 1. The monoisotopic (exact) mass is 361 g/mol. The van der Waals surface area contributed by atoms with Crippen molar-refractivity contribution in [3.05, 3.63) is 0 Å². The predicted molar refractivity (Wildman–Crippen MR) is 58.7 cm³/mol. The summed E-state index contributed by atoms with van der Waals surface area (Å²) in [4.78, 5) is 0. The van der Waals surface area contributed by atoms with Gasteiger partial charge in [-0.1, -0.05) is 0 Å². The molecule has 0 radical (unpaired) electrons. The number of hydrogen-bond donors (Lipinski definition) is 0. The maximum absolute atomic E-state index is 12.8. The molecule has 130 valence electrons. The molecule has 22 heavy (non-hydrogen) atoms. The highest BCUT2D eigenvalue weighted by Crippen LogP contribution is 2.41. The fourth-order valence-corrected chi connectivity index (χ4v) is 2.80. The second kappa shape index (κ2) is 6.17. The van der Waals surface area contributed by atoms with Crippen LogP contribution in [-0.4, -0.2) is 37.2 Å². The Kier molecular flexibility index (Phi) is 5.86. The van der Waals surface area contributed by atoms with E-state index in [9.17, 15) is 43.5 Å². The molecule has 0 aliphatic heterocycles. The number of halogens is 8. The Labute approximate surface area is 120 Å². The van der Waals surface area contributed by atoms with Crippen LogP contribution in [0, 0.1) is 11.3 Å². The number of sulfone groups is 1. The highest BCUT2D eigenvalue weighted by molar-refractivity contribution is 7.93. The van der Waals surface area contributed by atoms with Crippen molar-refractivity contribution >= 4 is 9.84 Å². The Morgan fingerprint density at radius 2 is 1.36 bits per heavy atom.